The lowest BCUT2D eigenvalue weighted by atomic mass is 9.98. The molecule has 1 saturated heterocycles. The zero-order valence-electron chi connectivity index (χ0n) is 20.9. The van der Waals surface area contributed by atoms with Gasteiger partial charge in [-0.1, -0.05) is 17.7 Å². The van der Waals surface area contributed by atoms with Crippen LogP contribution in [0.4, 0.5) is 5.69 Å². The number of anilines is 1. The number of nitrogens with zero attached hydrogens (tertiary/aromatic N) is 2. The highest BCUT2D eigenvalue weighted by Crippen LogP contribution is 2.33. The molecule has 1 N–H and O–H groups in total. The molecule has 1 fully saturated rings. The lowest BCUT2D eigenvalue weighted by molar-refractivity contribution is -0.120. The molecule has 0 aliphatic carbocycles. The molecule has 0 radical (unpaired) electrons. The zero-order valence-corrected chi connectivity index (χ0v) is 21.7. The summed E-state index contributed by atoms with van der Waals surface area (Å²) in [6, 6.07) is 5.79. The number of esters is 1. The van der Waals surface area contributed by atoms with Gasteiger partial charge in [-0.3, -0.25) is 4.79 Å². The van der Waals surface area contributed by atoms with Gasteiger partial charge in [0.05, 0.1) is 12.5 Å². The summed E-state index contributed by atoms with van der Waals surface area (Å²) in [6.07, 6.45) is 1.16. The van der Waals surface area contributed by atoms with Crippen LogP contribution in [0.15, 0.2) is 23.1 Å². The Morgan fingerprint density at radius 1 is 1.12 bits per heavy atom. The van der Waals surface area contributed by atoms with E-state index >= 15 is 0 Å². The van der Waals surface area contributed by atoms with Crippen molar-refractivity contribution >= 4 is 27.6 Å². The minimum Gasteiger partial charge on any atom is -0.462 e. The van der Waals surface area contributed by atoms with E-state index in [9.17, 15) is 18.0 Å². The largest absolute Gasteiger partial charge is 0.462 e. The van der Waals surface area contributed by atoms with Gasteiger partial charge in [-0.15, -0.1) is 0 Å². The van der Waals surface area contributed by atoms with Crippen molar-refractivity contribution in [3.63, 3.8) is 0 Å². The fourth-order valence-corrected chi connectivity index (χ4v) is 6.76. The average molecular weight is 490 g/mol. The van der Waals surface area contributed by atoms with Gasteiger partial charge in [-0.25, -0.2) is 13.2 Å². The molecule has 186 valence electrons. The van der Waals surface area contributed by atoms with Gasteiger partial charge in [0.2, 0.25) is 15.9 Å². The number of carbonyl (C=O) groups excluding carboxylic acids is 2. The fraction of sp³-hybridized carbons (Fsp3) is 0.520. The van der Waals surface area contributed by atoms with E-state index in [4.69, 9.17) is 4.74 Å². The summed E-state index contributed by atoms with van der Waals surface area (Å²) >= 11 is 0. The van der Waals surface area contributed by atoms with Crippen molar-refractivity contribution < 1.29 is 22.7 Å². The molecule has 34 heavy (non-hydrogen) atoms. The standard InChI is InChI=1S/C25H35N3O5S/c1-7-28-18(5)22(25(30)33-8-2)23(19(28)6)34(31,32)27-13-9-10-20(15-27)24(29)26-21-12-11-16(3)14-17(21)4/h11-12,14,20H,7-10,13,15H2,1-6H3,(H,26,29)/t20-/m1/s1. The van der Waals surface area contributed by atoms with Crippen molar-refractivity contribution in [1.82, 2.24) is 8.87 Å². The number of piperidine rings is 1. The predicted molar refractivity (Wildman–Crippen MR) is 132 cm³/mol. The van der Waals surface area contributed by atoms with Crippen LogP contribution in [0.25, 0.3) is 0 Å². The molecule has 1 aromatic heterocycles. The summed E-state index contributed by atoms with van der Waals surface area (Å²) in [7, 11) is -4.02. The van der Waals surface area contributed by atoms with E-state index in [1.54, 1.807) is 20.8 Å². The Balaban J connectivity index is 1.91. The second-order valence-corrected chi connectivity index (χ2v) is 10.7. The molecule has 9 heteroatoms. The maximum atomic E-state index is 13.8. The van der Waals surface area contributed by atoms with Crippen LogP contribution in [0.5, 0.6) is 0 Å². The first-order valence-corrected chi connectivity index (χ1v) is 13.2. The quantitative estimate of drug-likeness (QED) is 0.594. The number of aromatic nitrogens is 1. The van der Waals surface area contributed by atoms with Crippen LogP contribution in [-0.2, 0) is 26.1 Å². The molecule has 1 amide bonds. The Morgan fingerprint density at radius 2 is 1.82 bits per heavy atom. The van der Waals surface area contributed by atoms with E-state index in [2.05, 4.69) is 5.32 Å². The van der Waals surface area contributed by atoms with Crippen LogP contribution in [0.1, 0.15) is 59.6 Å². The van der Waals surface area contributed by atoms with E-state index in [0.29, 0.717) is 37.3 Å². The number of sulfonamides is 1. The maximum absolute atomic E-state index is 13.8. The van der Waals surface area contributed by atoms with E-state index in [1.807, 2.05) is 43.5 Å². The zero-order chi connectivity index (χ0) is 25.2. The number of amides is 1. The van der Waals surface area contributed by atoms with Crippen molar-refractivity contribution in [3.8, 4) is 0 Å². The Hall–Kier alpha value is -2.65. The number of rotatable bonds is 7. The molecule has 2 aromatic rings. The van der Waals surface area contributed by atoms with Gasteiger partial charge < -0.3 is 14.6 Å². The summed E-state index contributed by atoms with van der Waals surface area (Å²) < 4.78 is 36.0. The minimum absolute atomic E-state index is 0.0132. The van der Waals surface area contributed by atoms with Crippen LogP contribution in [0, 0.1) is 33.6 Å². The second-order valence-electron chi connectivity index (χ2n) is 8.85. The van der Waals surface area contributed by atoms with Gasteiger partial charge in [0, 0.05) is 36.7 Å². The highest BCUT2D eigenvalue weighted by molar-refractivity contribution is 7.89. The van der Waals surface area contributed by atoms with Crippen molar-refractivity contribution in [1.29, 1.82) is 0 Å². The fourth-order valence-electron chi connectivity index (χ4n) is 4.78. The summed E-state index contributed by atoms with van der Waals surface area (Å²) in [5.74, 6) is -1.32. The monoisotopic (exact) mass is 489 g/mol. The molecule has 1 aliphatic rings. The Kier molecular flexibility index (Phi) is 7.88. The van der Waals surface area contributed by atoms with E-state index < -0.39 is 21.9 Å². The molecular formula is C25H35N3O5S. The van der Waals surface area contributed by atoms with Crippen LogP contribution in [-0.4, -0.2) is 48.9 Å². The summed E-state index contributed by atoms with van der Waals surface area (Å²) in [4.78, 5) is 25.8. The van der Waals surface area contributed by atoms with Gasteiger partial charge in [0.25, 0.3) is 0 Å². The van der Waals surface area contributed by atoms with Crippen molar-refractivity contribution in [2.75, 3.05) is 25.0 Å². The van der Waals surface area contributed by atoms with Gasteiger partial charge in [0.15, 0.2) is 0 Å². The van der Waals surface area contributed by atoms with E-state index in [1.165, 1.54) is 4.31 Å². The van der Waals surface area contributed by atoms with Crippen LogP contribution in [0.2, 0.25) is 0 Å². The summed E-state index contributed by atoms with van der Waals surface area (Å²) in [6.45, 7) is 12.0. The van der Waals surface area contributed by atoms with Gasteiger partial charge >= 0.3 is 5.97 Å². The molecule has 1 atom stereocenters. The molecule has 3 rings (SSSR count). The third-order valence-corrected chi connectivity index (χ3v) is 8.54. The highest BCUT2D eigenvalue weighted by atomic mass is 32.2. The molecule has 0 bridgehead atoms. The van der Waals surface area contributed by atoms with Crippen molar-refractivity contribution in [2.45, 2.75) is 65.8 Å². The number of benzene rings is 1. The molecular weight excluding hydrogens is 454 g/mol. The number of hydrogen-bond donors (Lipinski definition) is 1. The van der Waals surface area contributed by atoms with Crippen molar-refractivity contribution in [3.05, 3.63) is 46.3 Å². The van der Waals surface area contributed by atoms with E-state index in [0.717, 1.165) is 16.8 Å². The molecule has 2 heterocycles. The lowest BCUT2D eigenvalue weighted by Gasteiger charge is -2.31. The first kappa shape index (κ1) is 26.0. The number of aryl methyl sites for hydroxylation is 2. The number of hydrogen-bond acceptors (Lipinski definition) is 5. The lowest BCUT2D eigenvalue weighted by Crippen LogP contribution is -2.44. The summed E-state index contributed by atoms with van der Waals surface area (Å²) in [5.41, 5.74) is 3.95. The smallest absolute Gasteiger partial charge is 0.341 e. The molecule has 8 nitrogen and oxygen atoms in total. The van der Waals surface area contributed by atoms with Crippen LogP contribution in [0.3, 0.4) is 0 Å². The SMILES string of the molecule is CCOC(=O)c1c(S(=O)(=O)N2CCC[C@@H](C(=O)Nc3ccc(C)cc3C)C2)c(C)n(CC)c1C. The normalized spacial score (nSPS) is 16.9. The minimum atomic E-state index is -4.02. The van der Waals surface area contributed by atoms with Crippen LogP contribution < -0.4 is 5.32 Å². The average Bonchev–Trinajstić information content (AvgIpc) is 3.05. The van der Waals surface area contributed by atoms with Crippen LogP contribution >= 0.6 is 0 Å². The van der Waals surface area contributed by atoms with Gasteiger partial charge in [-0.05, 0) is 66.0 Å². The molecule has 1 aromatic carbocycles. The third-order valence-electron chi connectivity index (χ3n) is 6.52. The maximum Gasteiger partial charge on any atom is 0.341 e. The summed E-state index contributed by atoms with van der Waals surface area (Å²) in [5, 5.41) is 2.96. The molecule has 0 unspecified atom stereocenters. The van der Waals surface area contributed by atoms with E-state index in [-0.39, 0.29) is 29.5 Å². The van der Waals surface area contributed by atoms with Gasteiger partial charge in [-0.2, -0.15) is 4.31 Å². The Labute approximate surface area is 202 Å². The first-order valence-electron chi connectivity index (χ1n) is 11.8. The molecule has 1 aliphatic heterocycles. The Bertz CT molecular complexity index is 1200. The van der Waals surface area contributed by atoms with Crippen molar-refractivity contribution in [2.24, 2.45) is 5.92 Å². The second kappa shape index (κ2) is 10.3. The number of carbonyl (C=O) groups is 2. The number of ether oxygens (including phenoxy) is 1. The third kappa shape index (κ3) is 4.90. The predicted octanol–water partition coefficient (Wildman–Crippen LogP) is 3.96. The first-order chi connectivity index (χ1) is 16.0. The Morgan fingerprint density at radius 3 is 2.44 bits per heavy atom. The molecule has 0 saturated carbocycles. The van der Waals surface area contributed by atoms with Gasteiger partial charge in [0.1, 0.15) is 10.5 Å². The topological polar surface area (TPSA) is 97.7 Å². The highest BCUT2D eigenvalue weighted by Gasteiger charge is 2.39. The number of nitrogens with one attached hydrogen (secondary N) is 1. The molecule has 0 spiro atoms.